The summed E-state index contributed by atoms with van der Waals surface area (Å²) >= 11 is 6.36. The summed E-state index contributed by atoms with van der Waals surface area (Å²) in [5.74, 6) is 0.268. The van der Waals surface area contributed by atoms with Crippen LogP contribution >= 0.6 is 11.6 Å². The number of anilines is 1. The van der Waals surface area contributed by atoms with Crippen LogP contribution in [0.2, 0.25) is 5.02 Å². The molecular formula is C19H16ClF3N4O. The van der Waals surface area contributed by atoms with Crippen LogP contribution < -0.4 is 4.90 Å². The van der Waals surface area contributed by atoms with Crippen molar-refractivity contribution in [1.82, 2.24) is 14.9 Å². The fraction of sp³-hybridized carbons (Fsp3) is 0.263. The van der Waals surface area contributed by atoms with Gasteiger partial charge in [-0.05, 0) is 18.2 Å². The normalized spacial score (nSPS) is 15.3. The van der Waals surface area contributed by atoms with Crippen molar-refractivity contribution in [2.24, 2.45) is 0 Å². The third kappa shape index (κ3) is 3.40. The molecule has 9 heteroatoms. The molecule has 5 nitrogen and oxygen atoms in total. The van der Waals surface area contributed by atoms with E-state index >= 15 is 0 Å². The van der Waals surface area contributed by atoms with Crippen LogP contribution in [0.5, 0.6) is 0 Å². The van der Waals surface area contributed by atoms with Gasteiger partial charge in [0.25, 0.3) is 5.91 Å². The number of benzene rings is 1. The zero-order valence-electron chi connectivity index (χ0n) is 14.6. The third-order valence-electron chi connectivity index (χ3n) is 4.82. The molecule has 3 heterocycles. The predicted molar refractivity (Wildman–Crippen MR) is 101 cm³/mol. The number of rotatable bonds is 2. The molecule has 0 radical (unpaired) electrons. The van der Waals surface area contributed by atoms with Crippen LogP contribution in [0, 0.1) is 0 Å². The highest BCUT2D eigenvalue weighted by molar-refractivity contribution is 6.38. The van der Waals surface area contributed by atoms with Gasteiger partial charge in [-0.3, -0.25) is 4.79 Å². The Morgan fingerprint density at radius 1 is 1.07 bits per heavy atom. The summed E-state index contributed by atoms with van der Waals surface area (Å²) in [4.78, 5) is 23.4. The zero-order chi connectivity index (χ0) is 19.9. The number of fused-ring (bicyclic) bond motifs is 1. The second-order valence-electron chi connectivity index (χ2n) is 6.54. The van der Waals surface area contributed by atoms with E-state index in [0.29, 0.717) is 42.7 Å². The predicted octanol–water partition coefficient (Wildman–Crippen LogP) is 4.20. The summed E-state index contributed by atoms with van der Waals surface area (Å²) < 4.78 is 38.0. The first-order valence-electron chi connectivity index (χ1n) is 8.68. The molecule has 0 spiro atoms. The number of piperazine rings is 1. The Hall–Kier alpha value is -2.74. The first-order chi connectivity index (χ1) is 13.3. The van der Waals surface area contributed by atoms with E-state index in [2.05, 4.69) is 9.97 Å². The summed E-state index contributed by atoms with van der Waals surface area (Å²) in [5.41, 5.74) is 0.367. The minimum absolute atomic E-state index is 0.193. The van der Waals surface area contributed by atoms with Gasteiger partial charge in [0, 0.05) is 43.3 Å². The topological polar surface area (TPSA) is 52.2 Å². The Bertz CT molecular complexity index is 1010. The Morgan fingerprint density at radius 2 is 1.79 bits per heavy atom. The van der Waals surface area contributed by atoms with Crippen molar-refractivity contribution in [3.8, 4) is 0 Å². The average Bonchev–Trinajstić information content (AvgIpc) is 3.04. The fourth-order valence-electron chi connectivity index (χ4n) is 3.29. The highest BCUT2D eigenvalue weighted by Crippen LogP contribution is 2.30. The number of carbonyl (C=O) groups excluding carboxylic acids is 1. The summed E-state index contributed by atoms with van der Waals surface area (Å²) in [6.07, 6.45) is -3.58. The number of halogens is 4. The third-order valence-corrected chi connectivity index (χ3v) is 5.22. The van der Waals surface area contributed by atoms with Crippen LogP contribution in [0.1, 0.15) is 16.1 Å². The van der Waals surface area contributed by atoms with Gasteiger partial charge in [-0.25, -0.2) is 4.98 Å². The lowest BCUT2D eigenvalue weighted by Crippen LogP contribution is -2.49. The Labute approximate surface area is 163 Å². The van der Waals surface area contributed by atoms with Crippen LogP contribution in [0.3, 0.4) is 0 Å². The van der Waals surface area contributed by atoms with E-state index in [0.717, 1.165) is 23.2 Å². The lowest BCUT2D eigenvalue weighted by atomic mass is 10.2. The van der Waals surface area contributed by atoms with Crippen molar-refractivity contribution in [1.29, 1.82) is 0 Å². The minimum Gasteiger partial charge on any atom is -0.353 e. The maximum Gasteiger partial charge on any atom is 0.417 e. The first kappa shape index (κ1) is 18.6. The molecule has 1 fully saturated rings. The smallest absolute Gasteiger partial charge is 0.353 e. The lowest BCUT2D eigenvalue weighted by molar-refractivity contribution is -0.137. The molecule has 4 rings (SSSR count). The van der Waals surface area contributed by atoms with Gasteiger partial charge in [0.15, 0.2) is 0 Å². The van der Waals surface area contributed by atoms with Gasteiger partial charge < -0.3 is 14.8 Å². The lowest BCUT2D eigenvalue weighted by Gasteiger charge is -2.35. The number of pyridine rings is 1. The van der Waals surface area contributed by atoms with E-state index in [-0.39, 0.29) is 5.91 Å². The summed E-state index contributed by atoms with van der Waals surface area (Å²) in [7, 11) is 0. The zero-order valence-corrected chi connectivity index (χ0v) is 15.4. The number of aromatic amines is 1. The van der Waals surface area contributed by atoms with Gasteiger partial charge >= 0.3 is 6.18 Å². The molecule has 1 saturated heterocycles. The molecule has 1 N–H and O–H groups in total. The molecule has 0 bridgehead atoms. The SMILES string of the molecule is O=C(c1[nH]c2ccccc2c1Cl)N1CCN(c2ccc(C(F)(F)F)cn2)CC1. The van der Waals surface area contributed by atoms with E-state index in [1.165, 1.54) is 6.07 Å². The maximum atomic E-state index is 12.8. The molecule has 146 valence electrons. The largest absolute Gasteiger partial charge is 0.417 e. The highest BCUT2D eigenvalue weighted by Gasteiger charge is 2.31. The number of hydrogen-bond acceptors (Lipinski definition) is 3. The Morgan fingerprint density at radius 3 is 2.39 bits per heavy atom. The van der Waals surface area contributed by atoms with Crippen molar-refractivity contribution in [2.45, 2.75) is 6.18 Å². The van der Waals surface area contributed by atoms with Crippen molar-refractivity contribution in [3.63, 3.8) is 0 Å². The van der Waals surface area contributed by atoms with Crippen LogP contribution in [-0.2, 0) is 6.18 Å². The van der Waals surface area contributed by atoms with Crippen molar-refractivity contribution < 1.29 is 18.0 Å². The van der Waals surface area contributed by atoms with Crippen LogP contribution in [0.25, 0.3) is 10.9 Å². The molecule has 1 amide bonds. The summed E-state index contributed by atoms with van der Waals surface area (Å²) in [5, 5.41) is 1.19. The molecule has 1 aromatic carbocycles. The summed E-state index contributed by atoms with van der Waals surface area (Å²) in [6.45, 7) is 1.80. The highest BCUT2D eigenvalue weighted by atomic mass is 35.5. The van der Waals surface area contributed by atoms with E-state index in [1.807, 2.05) is 29.2 Å². The quantitative estimate of drug-likeness (QED) is 0.691. The number of hydrogen-bond donors (Lipinski definition) is 1. The van der Waals surface area contributed by atoms with Gasteiger partial charge in [0.2, 0.25) is 0 Å². The molecule has 1 aliphatic rings. The number of nitrogens with zero attached hydrogens (tertiary/aromatic N) is 3. The molecule has 0 aliphatic carbocycles. The van der Waals surface area contributed by atoms with Crippen molar-refractivity contribution in [3.05, 3.63) is 58.9 Å². The van der Waals surface area contributed by atoms with Crippen molar-refractivity contribution >= 4 is 34.2 Å². The maximum absolute atomic E-state index is 12.8. The molecule has 0 saturated carbocycles. The molecule has 3 aromatic rings. The second kappa shape index (κ2) is 7.01. The number of alkyl halides is 3. The van der Waals surface area contributed by atoms with E-state index in [9.17, 15) is 18.0 Å². The number of H-pyrrole nitrogens is 1. The molecule has 1 aliphatic heterocycles. The van der Waals surface area contributed by atoms with Gasteiger partial charge in [-0.15, -0.1) is 0 Å². The minimum atomic E-state index is -4.41. The molecule has 0 unspecified atom stereocenters. The fourth-order valence-corrected chi connectivity index (χ4v) is 3.59. The average molecular weight is 409 g/mol. The second-order valence-corrected chi connectivity index (χ2v) is 6.92. The van der Waals surface area contributed by atoms with Crippen molar-refractivity contribution in [2.75, 3.05) is 31.1 Å². The van der Waals surface area contributed by atoms with Crippen LogP contribution in [-0.4, -0.2) is 47.0 Å². The monoisotopic (exact) mass is 408 g/mol. The van der Waals surface area contributed by atoms with Gasteiger partial charge in [0.05, 0.1) is 10.6 Å². The molecule has 28 heavy (non-hydrogen) atoms. The van der Waals surface area contributed by atoms with E-state index < -0.39 is 11.7 Å². The number of para-hydroxylation sites is 1. The van der Waals surface area contributed by atoms with Crippen LogP contribution in [0.15, 0.2) is 42.6 Å². The number of amides is 1. The summed E-state index contributed by atoms with van der Waals surface area (Å²) in [6, 6.07) is 9.79. The van der Waals surface area contributed by atoms with Crippen LogP contribution in [0.4, 0.5) is 19.0 Å². The Balaban J connectivity index is 1.45. The number of carbonyl (C=O) groups is 1. The molecule has 0 atom stereocenters. The van der Waals surface area contributed by atoms with E-state index in [1.54, 1.807) is 4.90 Å². The van der Waals surface area contributed by atoms with Gasteiger partial charge in [-0.2, -0.15) is 13.2 Å². The van der Waals surface area contributed by atoms with Gasteiger partial charge in [-0.1, -0.05) is 29.8 Å². The standard InChI is InChI=1S/C19H16ClF3N4O/c20-16-13-3-1-2-4-14(13)25-17(16)18(28)27-9-7-26(8-10-27)15-6-5-12(11-24-15)19(21,22)23/h1-6,11,25H,7-10H2. The first-order valence-corrected chi connectivity index (χ1v) is 9.06. The number of nitrogens with one attached hydrogen (secondary N) is 1. The molecule has 2 aromatic heterocycles. The number of aromatic nitrogens is 2. The molecular weight excluding hydrogens is 393 g/mol. The van der Waals surface area contributed by atoms with E-state index in [4.69, 9.17) is 11.6 Å². The Kier molecular flexibility index (Phi) is 4.66. The van der Waals surface area contributed by atoms with Gasteiger partial charge in [0.1, 0.15) is 11.5 Å².